The Hall–Kier alpha value is -0.910. The average molecular weight is 283 g/mol. The number of hydrogen-bond donors (Lipinski definition) is 2. The first-order chi connectivity index (χ1) is 6.79. The van der Waals surface area contributed by atoms with Crippen LogP contribution in [-0.4, -0.2) is 7.05 Å². The molecule has 0 aromatic heterocycles. The Labute approximate surface area is 93.8 Å². The topological polar surface area (TPSA) is 38.0 Å². The third kappa shape index (κ3) is 2.19. The Morgan fingerprint density at radius 3 is 2.33 bits per heavy atom. The molecular weight excluding hydrogens is 273 g/mol. The van der Waals surface area contributed by atoms with Crippen LogP contribution in [0.5, 0.6) is 0 Å². The van der Waals surface area contributed by atoms with E-state index in [1.54, 1.807) is 6.92 Å². The Morgan fingerprint density at radius 2 is 1.93 bits per heavy atom. The second kappa shape index (κ2) is 3.92. The number of nitrogen functional groups attached to an aromatic ring is 1. The van der Waals surface area contributed by atoms with Gasteiger partial charge in [-0.1, -0.05) is 15.9 Å². The quantitative estimate of drug-likeness (QED) is 0.775. The summed E-state index contributed by atoms with van der Waals surface area (Å²) in [6, 6.07) is 1.03. The third-order valence-corrected chi connectivity index (χ3v) is 2.95. The molecule has 84 valence electrons. The summed E-state index contributed by atoms with van der Waals surface area (Å²) in [4.78, 5) is 0. The van der Waals surface area contributed by atoms with Crippen molar-refractivity contribution in [2.24, 2.45) is 0 Å². The van der Waals surface area contributed by atoms with Crippen LogP contribution in [0.3, 0.4) is 0 Å². The molecule has 0 bridgehead atoms. The first-order valence-electron chi connectivity index (χ1n) is 4.12. The second-order valence-electron chi connectivity index (χ2n) is 3.07. The molecule has 15 heavy (non-hydrogen) atoms. The van der Waals surface area contributed by atoms with Crippen LogP contribution < -0.4 is 11.1 Å². The molecule has 1 rings (SSSR count). The van der Waals surface area contributed by atoms with Crippen LogP contribution >= 0.6 is 15.9 Å². The largest absolute Gasteiger partial charge is 0.418 e. The third-order valence-electron chi connectivity index (χ3n) is 2.13. The van der Waals surface area contributed by atoms with Crippen LogP contribution in [0.25, 0.3) is 0 Å². The van der Waals surface area contributed by atoms with Crippen LogP contribution in [-0.2, 0) is 6.18 Å². The van der Waals surface area contributed by atoms with Crippen molar-refractivity contribution in [1.82, 2.24) is 0 Å². The molecular formula is C9H10BrF3N2. The van der Waals surface area contributed by atoms with Gasteiger partial charge in [0.1, 0.15) is 0 Å². The molecule has 0 amide bonds. The summed E-state index contributed by atoms with van der Waals surface area (Å²) in [5.74, 6) is 0. The molecule has 3 N–H and O–H groups in total. The fraction of sp³-hybridized carbons (Fsp3) is 0.333. The van der Waals surface area contributed by atoms with Gasteiger partial charge in [-0.05, 0) is 18.6 Å². The van der Waals surface area contributed by atoms with Crippen molar-refractivity contribution < 1.29 is 13.2 Å². The van der Waals surface area contributed by atoms with E-state index in [0.717, 1.165) is 6.07 Å². The Bertz CT molecular complexity index is 388. The molecule has 0 radical (unpaired) electrons. The lowest BCUT2D eigenvalue weighted by Gasteiger charge is -2.17. The molecule has 0 saturated heterocycles. The van der Waals surface area contributed by atoms with Gasteiger partial charge in [0.05, 0.1) is 16.9 Å². The maximum atomic E-state index is 12.6. The van der Waals surface area contributed by atoms with E-state index in [2.05, 4.69) is 21.2 Å². The number of rotatable bonds is 1. The smallest absolute Gasteiger partial charge is 0.397 e. The molecule has 0 spiro atoms. The number of nitrogens with one attached hydrogen (secondary N) is 1. The minimum Gasteiger partial charge on any atom is -0.397 e. The fourth-order valence-corrected chi connectivity index (χ4v) is 1.70. The lowest BCUT2D eigenvalue weighted by atomic mass is 10.1. The molecule has 0 atom stereocenters. The molecule has 0 aliphatic rings. The van der Waals surface area contributed by atoms with Gasteiger partial charge in [-0.2, -0.15) is 13.2 Å². The Kier molecular flexibility index (Phi) is 3.18. The van der Waals surface area contributed by atoms with Crippen LogP contribution in [0, 0.1) is 6.92 Å². The minimum absolute atomic E-state index is 0.0804. The van der Waals surface area contributed by atoms with Crippen molar-refractivity contribution in [2.75, 3.05) is 18.1 Å². The molecule has 0 saturated carbocycles. The highest BCUT2D eigenvalue weighted by Crippen LogP contribution is 2.41. The Morgan fingerprint density at radius 1 is 1.40 bits per heavy atom. The molecule has 1 aromatic rings. The van der Waals surface area contributed by atoms with Crippen molar-refractivity contribution in [3.8, 4) is 0 Å². The summed E-state index contributed by atoms with van der Waals surface area (Å²) in [5, 5.41) is 2.47. The van der Waals surface area contributed by atoms with Gasteiger partial charge in [0, 0.05) is 11.5 Å². The molecule has 6 heteroatoms. The zero-order valence-electron chi connectivity index (χ0n) is 8.17. The molecule has 0 heterocycles. The fourth-order valence-electron chi connectivity index (χ4n) is 1.26. The first-order valence-corrected chi connectivity index (χ1v) is 4.91. The van der Waals surface area contributed by atoms with Crippen molar-refractivity contribution in [3.63, 3.8) is 0 Å². The molecule has 0 unspecified atom stereocenters. The Balaban J connectivity index is 3.53. The lowest BCUT2D eigenvalue weighted by Crippen LogP contribution is -2.12. The minimum atomic E-state index is -4.41. The average Bonchev–Trinajstić information content (AvgIpc) is 2.12. The number of alkyl halides is 3. The normalized spacial score (nSPS) is 11.6. The standard InChI is InChI=1S/C9H10BrF3N2/c1-4-6(10)3-5(9(11,12)13)8(15-2)7(4)14/h3,15H,14H2,1-2H3. The van der Waals surface area contributed by atoms with Crippen LogP contribution in [0.15, 0.2) is 10.5 Å². The first kappa shape index (κ1) is 12.2. The van der Waals surface area contributed by atoms with Gasteiger partial charge in [-0.3, -0.25) is 0 Å². The van der Waals surface area contributed by atoms with Crippen molar-refractivity contribution in [1.29, 1.82) is 0 Å². The van der Waals surface area contributed by atoms with E-state index in [9.17, 15) is 13.2 Å². The van der Waals surface area contributed by atoms with Crippen LogP contribution in [0.2, 0.25) is 0 Å². The van der Waals surface area contributed by atoms with Crippen molar-refractivity contribution in [2.45, 2.75) is 13.1 Å². The van der Waals surface area contributed by atoms with Gasteiger partial charge in [-0.15, -0.1) is 0 Å². The molecule has 0 aliphatic heterocycles. The number of nitrogens with two attached hydrogens (primary N) is 1. The summed E-state index contributed by atoms with van der Waals surface area (Å²) in [5.41, 5.74) is 5.46. The monoisotopic (exact) mass is 282 g/mol. The van der Waals surface area contributed by atoms with Gasteiger partial charge in [0.25, 0.3) is 0 Å². The van der Waals surface area contributed by atoms with Gasteiger partial charge >= 0.3 is 6.18 Å². The number of hydrogen-bond acceptors (Lipinski definition) is 2. The van der Waals surface area contributed by atoms with Crippen molar-refractivity contribution >= 4 is 27.3 Å². The van der Waals surface area contributed by atoms with E-state index in [1.165, 1.54) is 7.05 Å². The predicted molar refractivity (Wildman–Crippen MR) is 57.8 cm³/mol. The van der Waals surface area contributed by atoms with Gasteiger partial charge in [-0.25, -0.2) is 0 Å². The van der Waals surface area contributed by atoms with Crippen molar-refractivity contribution in [3.05, 3.63) is 21.7 Å². The van der Waals surface area contributed by atoms with Crippen LogP contribution in [0.1, 0.15) is 11.1 Å². The molecule has 0 fully saturated rings. The van der Waals surface area contributed by atoms with E-state index >= 15 is 0 Å². The summed E-state index contributed by atoms with van der Waals surface area (Å²) in [7, 11) is 1.41. The summed E-state index contributed by atoms with van der Waals surface area (Å²) >= 11 is 3.04. The van der Waals surface area contributed by atoms with Gasteiger partial charge in [0.15, 0.2) is 0 Å². The van der Waals surface area contributed by atoms with E-state index in [0.29, 0.717) is 10.0 Å². The summed E-state index contributed by atoms with van der Waals surface area (Å²) in [6.07, 6.45) is -4.41. The molecule has 1 aromatic carbocycles. The number of benzene rings is 1. The highest BCUT2D eigenvalue weighted by atomic mass is 79.9. The SMILES string of the molecule is CNc1c(C(F)(F)F)cc(Br)c(C)c1N. The van der Waals surface area contributed by atoms with E-state index < -0.39 is 11.7 Å². The molecule has 2 nitrogen and oxygen atoms in total. The maximum Gasteiger partial charge on any atom is 0.418 e. The lowest BCUT2D eigenvalue weighted by molar-refractivity contribution is -0.136. The second-order valence-corrected chi connectivity index (χ2v) is 3.92. The predicted octanol–water partition coefficient (Wildman–Crippen LogP) is 3.40. The van der Waals surface area contributed by atoms with E-state index in [-0.39, 0.29) is 11.4 Å². The zero-order valence-corrected chi connectivity index (χ0v) is 9.75. The number of halogens is 4. The zero-order chi connectivity index (χ0) is 11.8. The summed E-state index contributed by atoms with van der Waals surface area (Å²) < 4.78 is 38.2. The van der Waals surface area contributed by atoms with E-state index in [1.807, 2.05) is 0 Å². The molecule has 0 aliphatic carbocycles. The summed E-state index contributed by atoms with van der Waals surface area (Å²) in [6.45, 7) is 1.65. The highest BCUT2D eigenvalue weighted by molar-refractivity contribution is 9.10. The van der Waals surface area contributed by atoms with E-state index in [4.69, 9.17) is 5.73 Å². The number of anilines is 2. The van der Waals surface area contributed by atoms with Gasteiger partial charge in [0.2, 0.25) is 0 Å². The van der Waals surface area contributed by atoms with Crippen LogP contribution in [0.4, 0.5) is 24.5 Å². The van der Waals surface area contributed by atoms with Gasteiger partial charge < -0.3 is 11.1 Å². The highest BCUT2D eigenvalue weighted by Gasteiger charge is 2.35. The maximum absolute atomic E-state index is 12.6.